The van der Waals surface area contributed by atoms with Gasteiger partial charge in [-0.1, -0.05) is 0 Å². The van der Waals surface area contributed by atoms with Gasteiger partial charge in [0, 0.05) is 14.1 Å². The van der Waals surface area contributed by atoms with Gasteiger partial charge in [0.05, 0.1) is 5.29 Å². The number of rotatable bonds is 9. The molecule has 0 saturated heterocycles. The molecule has 2 aromatic rings. The summed E-state index contributed by atoms with van der Waals surface area (Å²) in [7, 11) is 10.8. The van der Waals surface area contributed by atoms with Crippen molar-refractivity contribution in [3.8, 4) is 0 Å². The maximum Gasteiger partial charge on any atom is 0.0518 e. The summed E-state index contributed by atoms with van der Waals surface area (Å²) in [6.45, 7) is 16.3. The normalized spacial score (nSPS) is 19.8. The molecule has 6 bridgehead atoms. The first-order chi connectivity index (χ1) is 23.2. The van der Waals surface area contributed by atoms with Crippen LogP contribution in [0.15, 0.2) is 68.2 Å². The molecule has 0 spiro atoms. The average Bonchev–Trinajstić information content (AvgIpc) is 3.68. The van der Waals surface area contributed by atoms with E-state index in [1.54, 1.807) is 14.1 Å². The molecule has 11 nitrogen and oxygen atoms in total. The van der Waals surface area contributed by atoms with E-state index in [-0.39, 0.29) is 19.3 Å². The summed E-state index contributed by atoms with van der Waals surface area (Å²) in [6.07, 6.45) is 12.2. The van der Waals surface area contributed by atoms with Gasteiger partial charge in [-0.2, -0.15) is 0 Å². The Morgan fingerprint density at radius 1 is 0.857 bits per heavy atom. The summed E-state index contributed by atoms with van der Waals surface area (Å²) in [5, 5.41) is 24.5. The van der Waals surface area contributed by atoms with Crippen LogP contribution in [0, 0.1) is 18.8 Å². The van der Waals surface area contributed by atoms with Crippen molar-refractivity contribution in [3.63, 3.8) is 0 Å². The number of allylic oxidation sites excluding steroid dienone is 5. The second-order valence-electron chi connectivity index (χ2n) is 12.0. The Bertz CT molecular complexity index is 2170. The number of aliphatic carboxylic acids is 2. The predicted molar refractivity (Wildman–Crippen MR) is 192 cm³/mol. The minimum Gasteiger partial charge on any atom is -0.267 e. The molecule has 4 aliphatic rings. The van der Waals surface area contributed by atoms with Gasteiger partial charge in [0.1, 0.15) is 0 Å². The molecule has 2 aromatic heterocycles. The maximum atomic E-state index is 11.8. The van der Waals surface area contributed by atoms with E-state index in [1.807, 2.05) is 58.1 Å². The van der Waals surface area contributed by atoms with Gasteiger partial charge in [-0.15, -0.1) is 4.91 Å². The number of carboxylic acid groups (broad SMARTS) is 2. The molecule has 0 aromatic carbocycles. The fourth-order valence-corrected chi connectivity index (χ4v) is 9.36. The van der Waals surface area contributed by atoms with Crippen LogP contribution < -0.4 is 10.7 Å². The molecule has 6 heterocycles. The maximum absolute atomic E-state index is 11.8. The largest absolute Gasteiger partial charge is 0.267 e. The van der Waals surface area contributed by atoms with Crippen molar-refractivity contribution in [2.45, 2.75) is 53.4 Å². The second kappa shape index (κ2) is 14.0. The summed E-state index contributed by atoms with van der Waals surface area (Å²) in [6, 6.07) is 0. The van der Waals surface area contributed by atoms with Crippen LogP contribution in [0.4, 0.5) is 0 Å². The van der Waals surface area contributed by atoms with E-state index in [1.165, 1.54) is 5.01 Å². The number of nitroso groups, excluding NO2 is 1. The molecule has 0 radical (unpaired) electrons. The van der Waals surface area contributed by atoms with Crippen LogP contribution in [0.1, 0.15) is 66.8 Å². The van der Waals surface area contributed by atoms with Gasteiger partial charge in [0.15, 0.2) is 0 Å². The minimum absolute atomic E-state index is 0.0370. The number of carbonyl (C=O) groups is 2. The molecule has 2 N–H and O–H groups in total. The molecule has 0 aliphatic carbocycles. The summed E-state index contributed by atoms with van der Waals surface area (Å²) in [5.74, 6) is -1.78. The Balaban J connectivity index is 0.000000874. The summed E-state index contributed by atoms with van der Waals surface area (Å²) in [5.41, 5.74) is 12.1. The van der Waals surface area contributed by atoms with E-state index < -0.39 is 25.4 Å². The Hall–Kier alpha value is -4.77. The van der Waals surface area contributed by atoms with E-state index in [2.05, 4.69) is 31.7 Å². The minimum atomic E-state index is -1.91. The zero-order valence-electron chi connectivity index (χ0n) is 28.2. The summed E-state index contributed by atoms with van der Waals surface area (Å²) >= 11 is -1.91. The van der Waals surface area contributed by atoms with Crippen molar-refractivity contribution >= 4 is 63.8 Å². The van der Waals surface area contributed by atoms with Crippen molar-refractivity contribution in [1.82, 2.24) is 12.2 Å². The molecule has 4 aliphatic heterocycles. The zero-order valence-corrected chi connectivity index (χ0v) is 30.1. The quantitative estimate of drug-likeness (QED) is 0.194. The summed E-state index contributed by atoms with van der Waals surface area (Å²) < 4.78 is 4.25. The van der Waals surface area contributed by atoms with Gasteiger partial charge in [-0.3, -0.25) is 5.01 Å². The van der Waals surface area contributed by atoms with Crippen molar-refractivity contribution < 1.29 is 33.2 Å². The molecule has 0 fully saturated rings. The van der Waals surface area contributed by atoms with Crippen molar-refractivity contribution in [2.75, 3.05) is 14.1 Å². The molecule has 0 saturated carbocycles. The molecule has 13 heteroatoms. The van der Waals surface area contributed by atoms with Crippen molar-refractivity contribution in [3.05, 3.63) is 102 Å². The van der Waals surface area contributed by atoms with Crippen LogP contribution in [0.5, 0.6) is 0 Å². The Morgan fingerprint density at radius 2 is 1.43 bits per heavy atom. The van der Waals surface area contributed by atoms with E-state index in [4.69, 9.17) is 20.1 Å². The fraction of sp³-hybridized carbons (Fsp3) is 0.278. The zero-order chi connectivity index (χ0) is 35.9. The number of hydrogen-bond acceptors (Lipinski definition) is 6. The number of aliphatic imine (C=N–C) groups is 2. The van der Waals surface area contributed by atoms with Crippen LogP contribution in [-0.4, -0.2) is 59.8 Å². The number of fused-ring (bicyclic) bond motifs is 2. The molecule has 0 unspecified atom stereocenters. The van der Waals surface area contributed by atoms with Gasteiger partial charge in [-0.05, 0) is 0 Å². The van der Waals surface area contributed by atoms with Crippen LogP contribution in [0.2, 0.25) is 0 Å². The fourth-order valence-electron chi connectivity index (χ4n) is 6.26. The van der Waals surface area contributed by atoms with Gasteiger partial charge in [0.2, 0.25) is 0 Å². The van der Waals surface area contributed by atoms with E-state index in [0.29, 0.717) is 12.1 Å². The molecule has 6 rings (SSSR count). The Morgan fingerprint density at radius 3 is 2.02 bits per heavy atom. The van der Waals surface area contributed by atoms with Gasteiger partial charge < -0.3 is 0 Å². The van der Waals surface area contributed by atoms with Gasteiger partial charge in [-0.25, -0.2) is 0 Å². The topological polar surface area (TPSA) is 142 Å². The third kappa shape index (κ3) is 6.39. The number of aromatic nitrogens is 2. The third-order valence-corrected chi connectivity index (χ3v) is 11.7. The van der Waals surface area contributed by atoms with E-state index in [9.17, 15) is 24.7 Å². The van der Waals surface area contributed by atoms with Crippen LogP contribution in [0.3, 0.4) is 0 Å². The van der Waals surface area contributed by atoms with Crippen molar-refractivity contribution in [2.24, 2.45) is 15.3 Å². The second-order valence-corrected chi connectivity index (χ2v) is 14.6. The van der Waals surface area contributed by atoms with Crippen LogP contribution in [-0.2, 0) is 29.4 Å². The molecular formula is C36H38ClFeN6O5. The first kappa shape index (κ1) is 35.5. The molecule has 0 atom stereocenters. The Labute approximate surface area is 293 Å². The number of carboxylic acids is 2. The number of hydrogen-bond donors (Lipinski definition) is 2. The first-order valence-electron chi connectivity index (χ1n) is 15.5. The molecule has 0 amide bonds. The van der Waals surface area contributed by atoms with Crippen LogP contribution in [0.25, 0.3) is 30.4 Å². The first-order valence-corrected chi connectivity index (χ1v) is 18.0. The number of nitrogens with zero attached hydrogens (tertiary/aromatic N) is 6. The number of halogens is 1. The van der Waals surface area contributed by atoms with Crippen molar-refractivity contribution in [1.29, 1.82) is 0 Å². The van der Waals surface area contributed by atoms with Gasteiger partial charge in [0.25, 0.3) is 0 Å². The van der Waals surface area contributed by atoms with Crippen LogP contribution >= 0.6 is 10.1 Å². The smallest absolute Gasteiger partial charge is 0.0518 e. The van der Waals surface area contributed by atoms with E-state index >= 15 is 0 Å². The summed E-state index contributed by atoms with van der Waals surface area (Å²) in [4.78, 5) is 42.7. The van der Waals surface area contributed by atoms with E-state index in [0.717, 1.165) is 83.7 Å². The molecular weight excluding hydrogens is 688 g/mol. The predicted octanol–water partition coefficient (Wildman–Crippen LogP) is 5.66. The Kier molecular flexibility index (Phi) is 10.1. The third-order valence-electron chi connectivity index (χ3n) is 8.83. The monoisotopic (exact) mass is 725 g/mol. The molecule has 257 valence electrons. The standard InChI is InChI=1S/C34H34N4O4.C2H6N2O.ClH.Fe/c1-7-21-17(3)25-13-26-19(5)23(9-11-33(39)40)31(37-26)16-32-24(10-12-34(41)42)20(6)28(38-32)15-30-22(8-2)18(4)27(36-30)14-29(21)35-25;1-4(2)3-5;;/h7-8,13-16H,1-2,9-12H2,3-6H3,(H4,35,36,37,38,39,40,41,42);1-2H3;1H;/q;;;+3/p-3/b25-13?,26-13-,27-14-,28-15-,29-14?,30-15?,31-16?,32-16-;;;. The SMILES string of the molecule is C=CC1=C(C)/C2=C/c3c(C=C)c(C)c4[n]3[Fe]([Cl])[n]3/c(c(C)c(CCC(=O)O)/c3=C/C3=NC(=C\4)/C(C)=C3CCC(=O)O)=C\C1=N2.CN(C)N=O. The average molecular weight is 726 g/mol. The van der Waals surface area contributed by atoms with Gasteiger partial charge >= 0.3 is 265 Å². The molecule has 49 heavy (non-hydrogen) atoms.